The van der Waals surface area contributed by atoms with Crippen molar-refractivity contribution in [3.8, 4) is 0 Å². The van der Waals surface area contributed by atoms with Crippen molar-refractivity contribution in [1.82, 2.24) is 9.97 Å². The van der Waals surface area contributed by atoms with E-state index in [1.807, 2.05) is 11.9 Å². The van der Waals surface area contributed by atoms with Crippen molar-refractivity contribution >= 4 is 33.9 Å². The van der Waals surface area contributed by atoms with Crippen LogP contribution in [-0.4, -0.2) is 29.5 Å². The van der Waals surface area contributed by atoms with Gasteiger partial charge >= 0.3 is 0 Å². The topological polar surface area (TPSA) is 84.1 Å². The predicted octanol–water partition coefficient (Wildman–Crippen LogP) is 2.22. The van der Waals surface area contributed by atoms with Gasteiger partial charge in [-0.3, -0.25) is 9.78 Å². The van der Waals surface area contributed by atoms with Crippen LogP contribution in [0.25, 0.3) is 0 Å². The van der Waals surface area contributed by atoms with Gasteiger partial charge in [-0.05, 0) is 18.6 Å². The number of hydrogen-bond donors (Lipinski definition) is 2. The Bertz CT molecular complexity index is 584. The van der Waals surface area contributed by atoms with Crippen molar-refractivity contribution in [3.63, 3.8) is 0 Å². The third kappa shape index (κ3) is 3.24. The number of anilines is 3. The van der Waals surface area contributed by atoms with Crippen LogP contribution in [0.2, 0.25) is 0 Å². The Morgan fingerprint density at radius 3 is 3.00 bits per heavy atom. The van der Waals surface area contributed by atoms with E-state index < -0.39 is 0 Å². The van der Waals surface area contributed by atoms with E-state index in [1.165, 1.54) is 11.3 Å². The average Bonchev–Trinajstić information content (AvgIpc) is 2.82. The molecule has 2 rings (SSSR count). The van der Waals surface area contributed by atoms with Crippen molar-refractivity contribution in [2.75, 3.05) is 29.5 Å². The first-order valence-electron chi connectivity index (χ1n) is 6.30. The Morgan fingerprint density at radius 1 is 1.55 bits per heavy atom. The van der Waals surface area contributed by atoms with Crippen LogP contribution in [0.3, 0.4) is 0 Å². The second kappa shape index (κ2) is 6.33. The standard InChI is InChI=1S/C13H17N5OS/c1-3-7-18(2)13-17-11(14)10(20-13)12(19)16-9-5-4-6-15-8-9/h4-6,8H,3,7,14H2,1-2H3,(H,16,19). The number of nitrogen functional groups attached to an aromatic ring is 1. The van der Waals surface area contributed by atoms with Crippen molar-refractivity contribution in [2.24, 2.45) is 0 Å². The summed E-state index contributed by atoms with van der Waals surface area (Å²) in [7, 11) is 1.94. The summed E-state index contributed by atoms with van der Waals surface area (Å²) in [6.07, 6.45) is 4.24. The maximum Gasteiger partial charge on any atom is 0.269 e. The minimum atomic E-state index is -0.260. The molecule has 0 aliphatic heterocycles. The number of hydrogen-bond acceptors (Lipinski definition) is 6. The molecule has 0 aliphatic carbocycles. The number of nitrogens with two attached hydrogens (primary N) is 1. The zero-order chi connectivity index (χ0) is 14.5. The molecule has 0 aliphatic rings. The number of nitrogens with one attached hydrogen (secondary N) is 1. The van der Waals surface area contributed by atoms with E-state index in [2.05, 4.69) is 22.2 Å². The van der Waals surface area contributed by atoms with E-state index in [0.29, 0.717) is 10.6 Å². The van der Waals surface area contributed by atoms with Crippen molar-refractivity contribution < 1.29 is 4.79 Å². The van der Waals surface area contributed by atoms with Gasteiger partial charge in [-0.1, -0.05) is 18.3 Å². The molecule has 106 valence electrons. The van der Waals surface area contributed by atoms with Crippen LogP contribution in [-0.2, 0) is 0 Å². The summed E-state index contributed by atoms with van der Waals surface area (Å²) in [6.45, 7) is 2.96. The van der Waals surface area contributed by atoms with E-state index >= 15 is 0 Å². The van der Waals surface area contributed by atoms with Crippen LogP contribution in [0, 0.1) is 0 Å². The molecule has 0 aromatic carbocycles. The fourth-order valence-corrected chi connectivity index (χ4v) is 2.57. The Balaban J connectivity index is 2.14. The molecule has 0 atom stereocenters. The smallest absolute Gasteiger partial charge is 0.269 e. The highest BCUT2D eigenvalue weighted by Gasteiger charge is 2.18. The monoisotopic (exact) mass is 291 g/mol. The molecule has 2 aromatic rings. The maximum absolute atomic E-state index is 12.2. The van der Waals surface area contributed by atoms with Crippen molar-refractivity contribution in [2.45, 2.75) is 13.3 Å². The highest BCUT2D eigenvalue weighted by Crippen LogP contribution is 2.28. The number of aromatic nitrogens is 2. The van der Waals surface area contributed by atoms with Gasteiger partial charge < -0.3 is 16.0 Å². The highest BCUT2D eigenvalue weighted by atomic mass is 32.1. The molecule has 0 bridgehead atoms. The van der Waals surface area contributed by atoms with Crippen LogP contribution in [0.1, 0.15) is 23.0 Å². The average molecular weight is 291 g/mol. The lowest BCUT2D eigenvalue weighted by atomic mass is 10.4. The van der Waals surface area contributed by atoms with Crippen LogP contribution < -0.4 is 16.0 Å². The first-order valence-corrected chi connectivity index (χ1v) is 7.12. The third-order valence-electron chi connectivity index (χ3n) is 2.65. The molecule has 2 aromatic heterocycles. The van der Waals surface area contributed by atoms with Crippen LogP contribution in [0.15, 0.2) is 24.5 Å². The van der Waals surface area contributed by atoms with Crippen molar-refractivity contribution in [1.29, 1.82) is 0 Å². The second-order valence-electron chi connectivity index (χ2n) is 4.33. The quantitative estimate of drug-likeness (QED) is 0.882. The van der Waals surface area contributed by atoms with Gasteiger partial charge in [0.1, 0.15) is 10.7 Å². The number of amides is 1. The van der Waals surface area contributed by atoms with E-state index in [0.717, 1.165) is 18.1 Å². The summed E-state index contributed by atoms with van der Waals surface area (Å²) in [4.78, 5) is 22.8. The minimum absolute atomic E-state index is 0.259. The van der Waals surface area contributed by atoms with Crippen LogP contribution in [0.5, 0.6) is 0 Å². The molecule has 0 saturated heterocycles. The molecular weight excluding hydrogens is 274 g/mol. The van der Waals surface area contributed by atoms with Gasteiger partial charge in [0, 0.05) is 19.8 Å². The molecule has 7 heteroatoms. The molecule has 3 N–H and O–H groups in total. The Labute approximate surface area is 121 Å². The number of carbonyl (C=O) groups is 1. The largest absolute Gasteiger partial charge is 0.382 e. The number of thiazole rings is 1. The molecule has 0 unspecified atom stereocenters. The number of rotatable bonds is 5. The normalized spacial score (nSPS) is 10.3. The third-order valence-corrected chi connectivity index (χ3v) is 3.84. The summed E-state index contributed by atoms with van der Waals surface area (Å²) in [5, 5.41) is 3.50. The summed E-state index contributed by atoms with van der Waals surface area (Å²) >= 11 is 1.29. The number of pyridine rings is 1. The molecule has 0 spiro atoms. The second-order valence-corrected chi connectivity index (χ2v) is 5.31. The lowest BCUT2D eigenvalue weighted by molar-refractivity contribution is 0.103. The van der Waals surface area contributed by atoms with Crippen LogP contribution in [0.4, 0.5) is 16.6 Å². The maximum atomic E-state index is 12.2. The van der Waals surface area contributed by atoms with E-state index in [1.54, 1.807) is 24.5 Å². The fraction of sp³-hybridized carbons (Fsp3) is 0.308. The Hall–Kier alpha value is -2.15. The first-order chi connectivity index (χ1) is 9.61. The number of nitrogens with zero attached hydrogens (tertiary/aromatic N) is 3. The van der Waals surface area contributed by atoms with E-state index in [-0.39, 0.29) is 11.7 Å². The molecule has 6 nitrogen and oxygen atoms in total. The highest BCUT2D eigenvalue weighted by molar-refractivity contribution is 7.18. The molecule has 0 saturated carbocycles. The van der Waals surface area contributed by atoms with Crippen molar-refractivity contribution in [3.05, 3.63) is 29.4 Å². The lowest BCUT2D eigenvalue weighted by Gasteiger charge is -2.13. The van der Waals surface area contributed by atoms with Gasteiger partial charge in [-0.25, -0.2) is 4.98 Å². The minimum Gasteiger partial charge on any atom is -0.382 e. The van der Waals surface area contributed by atoms with Gasteiger partial charge in [0.15, 0.2) is 5.13 Å². The van der Waals surface area contributed by atoms with Gasteiger partial charge in [0.2, 0.25) is 0 Å². The van der Waals surface area contributed by atoms with E-state index in [9.17, 15) is 4.79 Å². The zero-order valence-corrected chi connectivity index (χ0v) is 12.3. The summed E-state index contributed by atoms with van der Waals surface area (Å²) in [6, 6.07) is 3.53. The van der Waals surface area contributed by atoms with Gasteiger partial charge in [-0.15, -0.1) is 0 Å². The molecule has 1 amide bonds. The molecular formula is C13H17N5OS. The van der Waals surface area contributed by atoms with Gasteiger partial charge in [-0.2, -0.15) is 0 Å². The zero-order valence-electron chi connectivity index (χ0n) is 11.5. The van der Waals surface area contributed by atoms with Crippen LogP contribution >= 0.6 is 11.3 Å². The summed E-state index contributed by atoms with van der Waals surface area (Å²) in [5.74, 6) is -0.00140. The predicted molar refractivity (Wildman–Crippen MR) is 82.3 cm³/mol. The van der Waals surface area contributed by atoms with Gasteiger partial charge in [0.05, 0.1) is 11.9 Å². The number of carbonyl (C=O) groups excluding carboxylic acids is 1. The molecule has 20 heavy (non-hydrogen) atoms. The lowest BCUT2D eigenvalue weighted by Crippen LogP contribution is -2.17. The molecule has 0 radical (unpaired) electrons. The molecule has 0 fully saturated rings. The first kappa shape index (κ1) is 14.3. The Kier molecular flexibility index (Phi) is 4.52. The molecule has 2 heterocycles. The van der Waals surface area contributed by atoms with E-state index in [4.69, 9.17) is 5.73 Å². The Morgan fingerprint density at radius 2 is 2.35 bits per heavy atom. The SMILES string of the molecule is CCCN(C)c1nc(N)c(C(=O)Nc2cccnc2)s1. The summed E-state index contributed by atoms with van der Waals surface area (Å²) < 4.78 is 0. The van der Waals surface area contributed by atoms with Gasteiger partial charge in [0.25, 0.3) is 5.91 Å². The fourth-order valence-electron chi connectivity index (χ4n) is 1.70. The summed E-state index contributed by atoms with van der Waals surface area (Å²) in [5.41, 5.74) is 6.46.